The molecule has 45 heavy (non-hydrogen) atoms. The lowest BCUT2D eigenvalue weighted by atomic mass is 9.92. The van der Waals surface area contributed by atoms with E-state index in [-0.39, 0.29) is 0 Å². The number of para-hydroxylation sites is 2. The van der Waals surface area contributed by atoms with E-state index in [1.54, 1.807) is 0 Å². The summed E-state index contributed by atoms with van der Waals surface area (Å²) in [5.74, 6) is 1.98. The predicted octanol–water partition coefficient (Wildman–Crippen LogP) is 11.7. The summed E-state index contributed by atoms with van der Waals surface area (Å²) in [5, 5.41) is 2.30. The SMILES string of the molecule is c1ccc(-c2ccc(N(c3ccccc3)c3cccc(-c4ccc5oc6c(c5c4)CCc4oc5ccccc5c4-6)c3)cc2)cc1. The van der Waals surface area contributed by atoms with E-state index in [1.165, 1.54) is 27.6 Å². The van der Waals surface area contributed by atoms with Gasteiger partial charge in [-0.3, -0.25) is 0 Å². The highest BCUT2D eigenvalue weighted by Crippen LogP contribution is 2.46. The number of aryl methyl sites for hydroxylation is 2. The van der Waals surface area contributed by atoms with Gasteiger partial charge < -0.3 is 13.7 Å². The molecule has 0 saturated carbocycles. The van der Waals surface area contributed by atoms with Crippen molar-refractivity contribution in [3.05, 3.63) is 163 Å². The van der Waals surface area contributed by atoms with Crippen LogP contribution in [0.5, 0.6) is 0 Å². The third-order valence-corrected chi connectivity index (χ3v) is 8.97. The van der Waals surface area contributed by atoms with Crippen molar-refractivity contribution in [1.82, 2.24) is 0 Å². The molecule has 0 radical (unpaired) electrons. The van der Waals surface area contributed by atoms with Crippen molar-refractivity contribution in [3.63, 3.8) is 0 Å². The minimum absolute atomic E-state index is 0.875. The smallest absolute Gasteiger partial charge is 0.142 e. The second kappa shape index (κ2) is 10.4. The average molecular weight is 580 g/mol. The summed E-state index contributed by atoms with van der Waals surface area (Å²) in [6.45, 7) is 0. The Bertz CT molecular complexity index is 2310. The standard InChI is InChI=1S/C42H29NO2/c1-3-10-28(11-4-1)29-18-21-33(22-19-29)43(32-13-5-2-6-14-32)34-15-9-12-30(26-34)31-20-24-39-37(27-31)35-23-25-40-41(42(35)45-39)36-16-7-8-17-38(36)44-40/h1-22,24,26-27H,23,25H2. The largest absolute Gasteiger partial charge is 0.460 e. The van der Waals surface area contributed by atoms with Crippen LogP contribution in [0.4, 0.5) is 17.1 Å². The molecule has 9 rings (SSSR count). The van der Waals surface area contributed by atoms with Crippen molar-refractivity contribution >= 4 is 39.0 Å². The topological polar surface area (TPSA) is 29.5 Å². The van der Waals surface area contributed by atoms with Crippen LogP contribution in [0.15, 0.2) is 160 Å². The molecule has 0 amide bonds. The van der Waals surface area contributed by atoms with Crippen LogP contribution in [-0.2, 0) is 12.8 Å². The van der Waals surface area contributed by atoms with Gasteiger partial charge in [0, 0.05) is 39.8 Å². The second-order valence-corrected chi connectivity index (χ2v) is 11.7. The lowest BCUT2D eigenvalue weighted by Crippen LogP contribution is -2.09. The van der Waals surface area contributed by atoms with Gasteiger partial charge >= 0.3 is 0 Å². The van der Waals surface area contributed by atoms with Crippen LogP contribution < -0.4 is 4.90 Å². The van der Waals surface area contributed by atoms with E-state index < -0.39 is 0 Å². The van der Waals surface area contributed by atoms with Gasteiger partial charge in [0.15, 0.2) is 0 Å². The molecule has 1 aliphatic carbocycles. The summed E-state index contributed by atoms with van der Waals surface area (Å²) in [7, 11) is 0. The Morgan fingerprint density at radius 1 is 0.422 bits per heavy atom. The fourth-order valence-electron chi connectivity index (χ4n) is 6.82. The Morgan fingerprint density at radius 3 is 1.89 bits per heavy atom. The zero-order valence-electron chi connectivity index (χ0n) is 24.6. The Morgan fingerprint density at radius 2 is 1.04 bits per heavy atom. The summed E-state index contributed by atoms with van der Waals surface area (Å²) >= 11 is 0. The quantitative estimate of drug-likeness (QED) is 0.203. The van der Waals surface area contributed by atoms with Crippen molar-refractivity contribution in [1.29, 1.82) is 0 Å². The van der Waals surface area contributed by atoms with Crippen LogP contribution in [0.3, 0.4) is 0 Å². The number of rotatable bonds is 5. The van der Waals surface area contributed by atoms with E-state index in [4.69, 9.17) is 8.83 Å². The van der Waals surface area contributed by atoms with Crippen molar-refractivity contribution in [2.24, 2.45) is 0 Å². The highest BCUT2D eigenvalue weighted by molar-refractivity contribution is 6.00. The van der Waals surface area contributed by atoms with E-state index in [0.717, 1.165) is 69.1 Å². The summed E-state index contributed by atoms with van der Waals surface area (Å²) in [5.41, 5.74) is 12.3. The minimum atomic E-state index is 0.875. The highest BCUT2D eigenvalue weighted by atomic mass is 16.4. The van der Waals surface area contributed by atoms with Crippen molar-refractivity contribution in [3.8, 4) is 33.6 Å². The van der Waals surface area contributed by atoms with E-state index in [2.05, 4.69) is 144 Å². The highest BCUT2D eigenvalue weighted by Gasteiger charge is 2.28. The molecule has 0 spiro atoms. The number of hydrogen-bond acceptors (Lipinski definition) is 3. The maximum Gasteiger partial charge on any atom is 0.142 e. The Balaban J connectivity index is 1.12. The maximum atomic E-state index is 6.53. The first kappa shape index (κ1) is 25.7. The van der Waals surface area contributed by atoms with Crippen LogP contribution in [0, 0.1) is 0 Å². The molecule has 0 bridgehead atoms. The molecule has 3 heteroatoms. The molecule has 0 N–H and O–H groups in total. The molecular weight excluding hydrogens is 550 g/mol. The molecule has 2 heterocycles. The van der Waals surface area contributed by atoms with Crippen LogP contribution in [-0.4, -0.2) is 0 Å². The fraction of sp³-hybridized carbons (Fsp3) is 0.0476. The molecule has 3 nitrogen and oxygen atoms in total. The van der Waals surface area contributed by atoms with E-state index in [9.17, 15) is 0 Å². The van der Waals surface area contributed by atoms with Gasteiger partial charge in [-0.15, -0.1) is 0 Å². The molecule has 8 aromatic rings. The molecule has 0 aliphatic heterocycles. The Kier molecular flexibility index (Phi) is 5.95. The van der Waals surface area contributed by atoms with Gasteiger partial charge in [0.25, 0.3) is 0 Å². The first-order valence-corrected chi connectivity index (χ1v) is 15.5. The van der Waals surface area contributed by atoms with Gasteiger partial charge in [0.1, 0.15) is 22.7 Å². The Hall–Kier alpha value is -5.80. The van der Waals surface area contributed by atoms with Crippen LogP contribution in [0.2, 0.25) is 0 Å². The number of hydrogen-bond donors (Lipinski definition) is 0. The fourth-order valence-corrected chi connectivity index (χ4v) is 6.82. The molecule has 0 unspecified atom stereocenters. The molecule has 214 valence electrons. The summed E-state index contributed by atoms with van der Waals surface area (Å²) in [6.07, 6.45) is 1.78. The van der Waals surface area contributed by atoms with E-state index >= 15 is 0 Å². The molecule has 1 aliphatic rings. The van der Waals surface area contributed by atoms with Gasteiger partial charge in [0.05, 0.1) is 5.56 Å². The number of benzene rings is 6. The number of nitrogens with zero attached hydrogens (tertiary/aromatic N) is 1. The monoisotopic (exact) mass is 579 g/mol. The summed E-state index contributed by atoms with van der Waals surface area (Å²) in [4.78, 5) is 2.32. The molecule has 0 fully saturated rings. The normalized spacial score (nSPS) is 12.3. The average Bonchev–Trinajstić information content (AvgIpc) is 3.68. The molecule has 6 aromatic carbocycles. The minimum Gasteiger partial charge on any atom is -0.460 e. The molecule has 0 atom stereocenters. The number of furan rings is 2. The third kappa shape index (κ3) is 4.36. The summed E-state index contributed by atoms with van der Waals surface area (Å²) < 4.78 is 12.7. The first-order valence-electron chi connectivity index (χ1n) is 15.5. The lowest BCUT2D eigenvalue weighted by molar-refractivity contribution is 0.536. The zero-order valence-corrected chi connectivity index (χ0v) is 24.6. The second-order valence-electron chi connectivity index (χ2n) is 11.7. The van der Waals surface area contributed by atoms with Gasteiger partial charge in [-0.25, -0.2) is 0 Å². The van der Waals surface area contributed by atoms with Crippen LogP contribution >= 0.6 is 0 Å². The van der Waals surface area contributed by atoms with E-state index in [0.29, 0.717) is 0 Å². The van der Waals surface area contributed by atoms with Crippen molar-refractivity contribution in [2.45, 2.75) is 12.8 Å². The van der Waals surface area contributed by atoms with Gasteiger partial charge in [-0.1, -0.05) is 97.1 Å². The molecular formula is C42H29NO2. The maximum absolute atomic E-state index is 6.53. The number of fused-ring (bicyclic) bond motifs is 7. The first-order chi connectivity index (χ1) is 22.3. The number of anilines is 3. The van der Waals surface area contributed by atoms with Gasteiger partial charge in [-0.05, 0) is 83.3 Å². The van der Waals surface area contributed by atoms with E-state index in [1.807, 2.05) is 12.1 Å². The van der Waals surface area contributed by atoms with Crippen molar-refractivity contribution < 1.29 is 8.83 Å². The van der Waals surface area contributed by atoms with Crippen molar-refractivity contribution in [2.75, 3.05) is 4.90 Å². The third-order valence-electron chi connectivity index (χ3n) is 8.97. The predicted molar refractivity (Wildman–Crippen MR) is 184 cm³/mol. The van der Waals surface area contributed by atoms with Gasteiger partial charge in [0.2, 0.25) is 0 Å². The lowest BCUT2D eigenvalue weighted by Gasteiger charge is -2.26. The molecule has 2 aromatic heterocycles. The summed E-state index contributed by atoms with van der Waals surface area (Å²) in [6, 6.07) is 53.6. The zero-order chi connectivity index (χ0) is 29.7. The Labute approximate surface area is 261 Å². The van der Waals surface area contributed by atoms with Crippen LogP contribution in [0.25, 0.3) is 55.5 Å². The molecule has 0 saturated heterocycles. The van der Waals surface area contributed by atoms with Gasteiger partial charge in [-0.2, -0.15) is 0 Å². The van der Waals surface area contributed by atoms with Crippen LogP contribution in [0.1, 0.15) is 11.3 Å².